The van der Waals surface area contributed by atoms with Crippen molar-refractivity contribution in [2.24, 2.45) is 0 Å². The van der Waals surface area contributed by atoms with Crippen LogP contribution in [0.4, 0.5) is 14.5 Å². The molecule has 0 saturated heterocycles. The van der Waals surface area contributed by atoms with E-state index >= 15 is 0 Å². The van der Waals surface area contributed by atoms with E-state index in [9.17, 15) is 18.9 Å². The minimum absolute atomic E-state index is 0.219. The minimum atomic E-state index is -1.19. The summed E-state index contributed by atoms with van der Waals surface area (Å²) in [4.78, 5) is 9.37. The van der Waals surface area contributed by atoms with Crippen LogP contribution < -0.4 is 4.74 Å². The Labute approximate surface area is 113 Å². The molecule has 0 aliphatic heterocycles. The summed E-state index contributed by atoms with van der Waals surface area (Å²) in [5, 5.41) is 14.0. The average Bonchev–Trinajstić information content (AvgIpc) is 2.75. The van der Waals surface area contributed by atoms with E-state index in [4.69, 9.17) is 16.3 Å². The fourth-order valence-corrected chi connectivity index (χ4v) is 1.80. The minimum Gasteiger partial charge on any atom is -0.484 e. The first-order valence-corrected chi connectivity index (χ1v) is 5.87. The van der Waals surface area contributed by atoms with Gasteiger partial charge in [-0.15, -0.1) is 5.10 Å². The summed E-state index contributed by atoms with van der Waals surface area (Å²) < 4.78 is 35.5. The number of rotatable bonds is 4. The van der Waals surface area contributed by atoms with Gasteiger partial charge >= 0.3 is 5.69 Å². The smallest absolute Gasteiger partial charge is 0.307 e. The number of benzene rings is 1. The fraction of sp³-hybridized carbons (Fsp3) is 0.111. The van der Waals surface area contributed by atoms with Gasteiger partial charge in [-0.2, -0.15) is 4.39 Å². The standard InChI is InChI=1S/C9H4ClF2N3O3S/c10-9-6(13-14-19-9)3-18-8-2-4(11)7(15(16)17)1-5(8)12/h1-2H,3H2. The highest BCUT2D eigenvalue weighted by Gasteiger charge is 2.19. The van der Waals surface area contributed by atoms with Crippen molar-refractivity contribution in [1.29, 1.82) is 0 Å². The average molecular weight is 308 g/mol. The summed E-state index contributed by atoms with van der Waals surface area (Å²) >= 11 is 6.62. The van der Waals surface area contributed by atoms with Gasteiger partial charge in [0.25, 0.3) is 0 Å². The van der Waals surface area contributed by atoms with Gasteiger partial charge in [0.05, 0.1) is 11.0 Å². The Morgan fingerprint density at radius 1 is 1.42 bits per heavy atom. The molecular formula is C9H4ClF2N3O3S. The third-order valence-electron chi connectivity index (χ3n) is 2.07. The molecule has 1 heterocycles. The van der Waals surface area contributed by atoms with E-state index in [1.54, 1.807) is 0 Å². The quantitative estimate of drug-likeness (QED) is 0.641. The monoisotopic (exact) mass is 307 g/mol. The van der Waals surface area contributed by atoms with Crippen LogP contribution in [0.2, 0.25) is 4.34 Å². The molecule has 10 heteroatoms. The maximum Gasteiger partial charge on any atom is 0.307 e. The van der Waals surface area contributed by atoms with Gasteiger partial charge in [-0.3, -0.25) is 10.1 Å². The zero-order valence-corrected chi connectivity index (χ0v) is 10.5. The van der Waals surface area contributed by atoms with Gasteiger partial charge in [-0.25, -0.2) is 4.39 Å². The summed E-state index contributed by atoms with van der Waals surface area (Å²) in [5.41, 5.74) is -0.692. The Kier molecular flexibility index (Phi) is 3.86. The highest BCUT2D eigenvalue weighted by molar-refractivity contribution is 7.10. The molecule has 6 nitrogen and oxygen atoms in total. The van der Waals surface area contributed by atoms with Crippen molar-refractivity contribution < 1.29 is 18.4 Å². The van der Waals surface area contributed by atoms with E-state index in [1.807, 2.05) is 0 Å². The van der Waals surface area contributed by atoms with Crippen molar-refractivity contribution in [2.45, 2.75) is 6.61 Å². The number of aromatic nitrogens is 2. The van der Waals surface area contributed by atoms with E-state index < -0.39 is 28.0 Å². The van der Waals surface area contributed by atoms with E-state index in [-0.39, 0.29) is 16.6 Å². The maximum atomic E-state index is 13.5. The van der Waals surface area contributed by atoms with Gasteiger partial charge in [0, 0.05) is 17.6 Å². The Balaban J connectivity index is 2.20. The Morgan fingerprint density at radius 3 is 2.74 bits per heavy atom. The third kappa shape index (κ3) is 2.93. The molecule has 2 aromatic rings. The molecular weight excluding hydrogens is 304 g/mol. The number of hydrogen-bond acceptors (Lipinski definition) is 6. The number of halogens is 3. The molecule has 0 spiro atoms. The predicted octanol–water partition coefficient (Wildman–Crippen LogP) is 2.96. The van der Waals surface area contributed by atoms with Crippen molar-refractivity contribution in [3.05, 3.63) is 43.9 Å². The highest BCUT2D eigenvalue weighted by Crippen LogP contribution is 2.27. The number of ether oxygens (including phenoxy) is 1. The number of nitrogens with zero attached hydrogens (tertiary/aromatic N) is 3. The SMILES string of the molecule is O=[N+]([O-])c1cc(F)c(OCc2nnsc2Cl)cc1F. The molecule has 0 saturated carbocycles. The fourth-order valence-electron chi connectivity index (χ4n) is 1.20. The summed E-state index contributed by atoms with van der Waals surface area (Å²) in [7, 11) is 0. The van der Waals surface area contributed by atoms with E-state index in [1.165, 1.54) is 0 Å². The van der Waals surface area contributed by atoms with Gasteiger partial charge in [0.2, 0.25) is 5.82 Å². The van der Waals surface area contributed by atoms with Crippen LogP contribution in [0.25, 0.3) is 0 Å². The van der Waals surface area contributed by atoms with Gasteiger partial charge in [0.15, 0.2) is 11.6 Å². The van der Waals surface area contributed by atoms with Crippen molar-refractivity contribution in [3.63, 3.8) is 0 Å². The lowest BCUT2D eigenvalue weighted by Crippen LogP contribution is -2.01. The molecule has 2 rings (SSSR count). The Bertz CT molecular complexity index is 637. The molecule has 19 heavy (non-hydrogen) atoms. The topological polar surface area (TPSA) is 78.2 Å². The third-order valence-corrected chi connectivity index (χ3v) is 3.06. The summed E-state index contributed by atoms with van der Waals surface area (Å²) in [6, 6.07) is 1.05. The second-order valence-corrected chi connectivity index (χ2v) is 4.63. The summed E-state index contributed by atoms with van der Waals surface area (Å²) in [6.07, 6.45) is 0. The first-order chi connectivity index (χ1) is 8.99. The van der Waals surface area contributed by atoms with Crippen molar-refractivity contribution in [3.8, 4) is 5.75 Å². The molecule has 0 fully saturated rings. The van der Waals surface area contributed by atoms with Gasteiger partial charge < -0.3 is 4.74 Å². The summed E-state index contributed by atoms with van der Waals surface area (Å²) in [6.45, 7) is -0.219. The largest absolute Gasteiger partial charge is 0.484 e. The summed E-state index contributed by atoms with van der Waals surface area (Å²) in [5.74, 6) is -2.71. The zero-order chi connectivity index (χ0) is 14.0. The van der Waals surface area contributed by atoms with Gasteiger partial charge in [0.1, 0.15) is 16.6 Å². The lowest BCUT2D eigenvalue weighted by molar-refractivity contribution is -0.387. The van der Waals surface area contributed by atoms with Crippen LogP contribution >= 0.6 is 23.1 Å². The van der Waals surface area contributed by atoms with Gasteiger partial charge in [-0.05, 0) is 0 Å². The van der Waals surface area contributed by atoms with E-state index in [0.717, 1.165) is 11.5 Å². The molecule has 0 aliphatic carbocycles. The molecule has 0 bridgehead atoms. The second-order valence-electron chi connectivity index (χ2n) is 3.27. The van der Waals surface area contributed by atoms with Crippen LogP contribution in [0.1, 0.15) is 5.69 Å². The lowest BCUT2D eigenvalue weighted by atomic mass is 10.3. The first kappa shape index (κ1) is 13.6. The zero-order valence-electron chi connectivity index (χ0n) is 8.97. The van der Waals surface area contributed by atoms with Crippen molar-refractivity contribution >= 4 is 28.8 Å². The molecule has 0 atom stereocenters. The molecule has 0 N–H and O–H groups in total. The highest BCUT2D eigenvalue weighted by atomic mass is 35.5. The van der Waals surface area contributed by atoms with Gasteiger partial charge in [-0.1, -0.05) is 16.1 Å². The Hall–Kier alpha value is -1.87. The predicted molar refractivity (Wildman–Crippen MR) is 62.3 cm³/mol. The van der Waals surface area contributed by atoms with E-state index in [2.05, 4.69) is 9.59 Å². The second kappa shape index (κ2) is 5.41. The van der Waals surface area contributed by atoms with Crippen LogP contribution in [0, 0.1) is 21.7 Å². The molecule has 1 aromatic carbocycles. The normalized spacial score (nSPS) is 10.5. The Morgan fingerprint density at radius 2 is 2.16 bits per heavy atom. The molecule has 0 unspecified atom stereocenters. The van der Waals surface area contributed by atoms with E-state index in [0.29, 0.717) is 12.1 Å². The molecule has 0 radical (unpaired) electrons. The first-order valence-electron chi connectivity index (χ1n) is 4.72. The maximum absolute atomic E-state index is 13.5. The van der Waals surface area contributed by atoms with Crippen LogP contribution in [0.3, 0.4) is 0 Å². The molecule has 1 aromatic heterocycles. The van der Waals surface area contributed by atoms with Crippen molar-refractivity contribution in [1.82, 2.24) is 9.59 Å². The van der Waals surface area contributed by atoms with Crippen LogP contribution in [-0.2, 0) is 6.61 Å². The van der Waals surface area contributed by atoms with Crippen molar-refractivity contribution in [2.75, 3.05) is 0 Å². The van der Waals surface area contributed by atoms with Crippen LogP contribution in [0.5, 0.6) is 5.75 Å². The number of nitro groups is 1. The van der Waals surface area contributed by atoms with Crippen LogP contribution in [-0.4, -0.2) is 14.5 Å². The molecule has 100 valence electrons. The molecule has 0 aliphatic rings. The molecule has 0 amide bonds. The number of nitro benzene ring substituents is 1. The lowest BCUT2D eigenvalue weighted by Gasteiger charge is -2.05. The van der Waals surface area contributed by atoms with Crippen LogP contribution in [0.15, 0.2) is 12.1 Å². The number of hydrogen-bond donors (Lipinski definition) is 0.